The highest BCUT2D eigenvalue weighted by Crippen LogP contribution is 2.28. The van der Waals surface area contributed by atoms with Crippen molar-refractivity contribution in [2.45, 2.75) is 26.7 Å². The molecule has 10 heteroatoms. The van der Waals surface area contributed by atoms with E-state index in [1.807, 2.05) is 28.9 Å². The van der Waals surface area contributed by atoms with Gasteiger partial charge >= 0.3 is 0 Å². The van der Waals surface area contributed by atoms with Gasteiger partial charge in [0.25, 0.3) is 5.69 Å². The number of anilines is 2. The van der Waals surface area contributed by atoms with E-state index in [0.717, 1.165) is 43.5 Å². The van der Waals surface area contributed by atoms with Crippen LogP contribution in [0.1, 0.15) is 31.3 Å². The first kappa shape index (κ1) is 23.9. The fourth-order valence-corrected chi connectivity index (χ4v) is 4.50. The lowest BCUT2D eigenvalue weighted by Crippen LogP contribution is -2.54. The van der Waals surface area contributed by atoms with Crippen LogP contribution in [0.25, 0.3) is 0 Å². The van der Waals surface area contributed by atoms with E-state index in [-0.39, 0.29) is 22.4 Å². The number of hydrogen-bond acceptors (Lipinski definition) is 8. The highest BCUT2D eigenvalue weighted by molar-refractivity contribution is 5.78. The fourth-order valence-electron chi connectivity index (χ4n) is 4.50. The van der Waals surface area contributed by atoms with Crippen molar-refractivity contribution < 1.29 is 9.72 Å². The van der Waals surface area contributed by atoms with Gasteiger partial charge in [-0.25, -0.2) is 9.97 Å². The van der Waals surface area contributed by atoms with Crippen molar-refractivity contribution in [1.29, 1.82) is 0 Å². The minimum atomic E-state index is -0.348. The summed E-state index contributed by atoms with van der Waals surface area (Å²) in [5.41, 5.74) is 1.71. The molecule has 4 rings (SSSR count). The number of para-hydroxylation sites is 2. The molecule has 0 bridgehead atoms. The van der Waals surface area contributed by atoms with Crippen molar-refractivity contribution in [2.24, 2.45) is 0 Å². The number of piperazine rings is 2. The average molecular weight is 468 g/mol. The normalized spacial score (nSPS) is 17.4. The summed E-state index contributed by atoms with van der Waals surface area (Å²) >= 11 is 0. The first-order valence-corrected chi connectivity index (χ1v) is 11.9. The Kier molecular flexibility index (Phi) is 7.26. The van der Waals surface area contributed by atoms with Crippen LogP contribution in [0.5, 0.6) is 0 Å². The standard InChI is InChI=1S/C24H33N7O3/c1-18(2)24-25-19(3)16-22(26-24)29-10-8-27(9-11-29)17-23(32)30-14-12-28(13-15-30)20-6-4-5-7-21(20)31(33)34/h4-7,16,18H,8-15,17H2,1-3H3. The lowest BCUT2D eigenvalue weighted by Gasteiger charge is -2.38. The molecule has 0 unspecified atom stereocenters. The van der Waals surface area contributed by atoms with E-state index in [4.69, 9.17) is 4.98 Å². The first-order valence-electron chi connectivity index (χ1n) is 11.9. The van der Waals surface area contributed by atoms with Gasteiger partial charge in [-0.1, -0.05) is 26.0 Å². The fraction of sp³-hybridized carbons (Fsp3) is 0.542. The van der Waals surface area contributed by atoms with Gasteiger partial charge in [-0.05, 0) is 13.0 Å². The lowest BCUT2D eigenvalue weighted by atomic mass is 10.2. The van der Waals surface area contributed by atoms with Gasteiger partial charge in [0.15, 0.2) is 0 Å². The number of nitro benzene ring substituents is 1. The molecule has 10 nitrogen and oxygen atoms in total. The van der Waals surface area contributed by atoms with Crippen molar-refractivity contribution >= 4 is 23.1 Å². The maximum atomic E-state index is 12.9. The SMILES string of the molecule is Cc1cc(N2CCN(CC(=O)N3CCN(c4ccccc4[N+](=O)[O-])CC3)CC2)nc(C(C)C)n1. The highest BCUT2D eigenvalue weighted by Gasteiger charge is 2.27. The summed E-state index contributed by atoms with van der Waals surface area (Å²) in [4.78, 5) is 41.5. The number of carbonyl (C=O) groups is 1. The molecule has 2 saturated heterocycles. The summed E-state index contributed by atoms with van der Waals surface area (Å²) in [5, 5.41) is 11.3. The zero-order valence-electron chi connectivity index (χ0n) is 20.2. The Hall–Kier alpha value is -3.27. The first-order chi connectivity index (χ1) is 16.3. The smallest absolute Gasteiger partial charge is 0.292 e. The van der Waals surface area contributed by atoms with Crippen molar-refractivity contribution in [1.82, 2.24) is 19.8 Å². The number of aromatic nitrogens is 2. The Morgan fingerprint density at radius 1 is 1.00 bits per heavy atom. The van der Waals surface area contributed by atoms with Crippen LogP contribution < -0.4 is 9.80 Å². The van der Waals surface area contributed by atoms with Gasteiger partial charge in [0.05, 0.1) is 11.5 Å². The molecule has 2 fully saturated rings. The molecule has 34 heavy (non-hydrogen) atoms. The van der Waals surface area contributed by atoms with Gasteiger partial charge in [0, 0.05) is 76.1 Å². The summed E-state index contributed by atoms with van der Waals surface area (Å²) in [6.45, 7) is 12.2. The molecule has 2 aliphatic heterocycles. The van der Waals surface area contributed by atoms with Gasteiger partial charge in [0.1, 0.15) is 17.3 Å². The maximum Gasteiger partial charge on any atom is 0.292 e. The second-order valence-electron chi connectivity index (χ2n) is 9.26. The van der Waals surface area contributed by atoms with E-state index in [9.17, 15) is 14.9 Å². The van der Waals surface area contributed by atoms with Crippen LogP contribution >= 0.6 is 0 Å². The summed E-state index contributed by atoms with van der Waals surface area (Å²) in [5.74, 6) is 2.24. The average Bonchev–Trinajstić information content (AvgIpc) is 2.84. The van der Waals surface area contributed by atoms with Crippen LogP contribution in [0.3, 0.4) is 0 Å². The summed E-state index contributed by atoms with van der Waals surface area (Å²) in [6, 6.07) is 8.82. The molecule has 1 aromatic heterocycles. The molecule has 0 aliphatic carbocycles. The Morgan fingerprint density at radius 3 is 2.29 bits per heavy atom. The van der Waals surface area contributed by atoms with Crippen LogP contribution in [-0.4, -0.2) is 89.5 Å². The lowest BCUT2D eigenvalue weighted by molar-refractivity contribution is -0.384. The molecule has 1 amide bonds. The maximum absolute atomic E-state index is 12.9. The second-order valence-corrected chi connectivity index (χ2v) is 9.26. The Balaban J connectivity index is 1.27. The van der Waals surface area contributed by atoms with E-state index < -0.39 is 0 Å². The number of nitro groups is 1. The minimum Gasteiger partial charge on any atom is -0.362 e. The van der Waals surface area contributed by atoms with Crippen LogP contribution in [-0.2, 0) is 4.79 Å². The number of hydrogen-bond donors (Lipinski definition) is 0. The number of rotatable bonds is 6. The molecule has 0 saturated carbocycles. The third-order valence-electron chi connectivity index (χ3n) is 6.48. The monoisotopic (exact) mass is 467 g/mol. The second kappa shape index (κ2) is 10.3. The molecule has 2 aromatic rings. The third-order valence-corrected chi connectivity index (χ3v) is 6.48. The molecule has 3 heterocycles. The molecular formula is C24H33N7O3. The molecule has 0 atom stereocenters. The molecule has 2 aliphatic rings. The number of benzene rings is 1. The van der Waals surface area contributed by atoms with Crippen LogP contribution in [0.2, 0.25) is 0 Å². The zero-order valence-corrected chi connectivity index (χ0v) is 20.2. The van der Waals surface area contributed by atoms with Gasteiger partial charge in [-0.2, -0.15) is 0 Å². The summed E-state index contributed by atoms with van der Waals surface area (Å²) < 4.78 is 0. The quantitative estimate of drug-likeness (QED) is 0.471. The van der Waals surface area contributed by atoms with Gasteiger partial charge in [-0.15, -0.1) is 0 Å². The predicted octanol–water partition coefficient (Wildman–Crippen LogP) is 2.29. The molecule has 0 spiro atoms. The van der Waals surface area contributed by atoms with E-state index in [1.165, 1.54) is 6.07 Å². The van der Waals surface area contributed by atoms with Crippen LogP contribution in [0, 0.1) is 17.0 Å². The number of carbonyl (C=O) groups excluding carboxylic acids is 1. The predicted molar refractivity (Wildman–Crippen MR) is 131 cm³/mol. The van der Waals surface area contributed by atoms with Crippen molar-refractivity contribution in [2.75, 3.05) is 68.7 Å². The minimum absolute atomic E-state index is 0.111. The van der Waals surface area contributed by atoms with Gasteiger partial charge in [-0.3, -0.25) is 19.8 Å². The number of amides is 1. The van der Waals surface area contributed by atoms with E-state index in [2.05, 4.69) is 28.6 Å². The molecule has 0 N–H and O–H groups in total. The Morgan fingerprint density at radius 2 is 1.65 bits per heavy atom. The highest BCUT2D eigenvalue weighted by atomic mass is 16.6. The topological polar surface area (TPSA) is 99.0 Å². The van der Waals surface area contributed by atoms with Crippen LogP contribution in [0.15, 0.2) is 30.3 Å². The number of aryl methyl sites for hydroxylation is 1. The van der Waals surface area contributed by atoms with Crippen LogP contribution in [0.4, 0.5) is 17.2 Å². The summed E-state index contributed by atoms with van der Waals surface area (Å²) in [7, 11) is 0. The Labute approximate surface area is 200 Å². The zero-order chi connectivity index (χ0) is 24.2. The Bertz CT molecular complexity index is 1030. The van der Waals surface area contributed by atoms with E-state index in [1.54, 1.807) is 12.1 Å². The van der Waals surface area contributed by atoms with E-state index >= 15 is 0 Å². The van der Waals surface area contributed by atoms with Crippen molar-refractivity contribution in [3.05, 3.63) is 52.0 Å². The molecule has 182 valence electrons. The van der Waals surface area contributed by atoms with Gasteiger partial charge in [0.2, 0.25) is 5.91 Å². The molecular weight excluding hydrogens is 434 g/mol. The number of nitrogens with zero attached hydrogens (tertiary/aromatic N) is 7. The van der Waals surface area contributed by atoms with Gasteiger partial charge < -0.3 is 14.7 Å². The third kappa shape index (κ3) is 5.44. The molecule has 0 radical (unpaired) electrons. The van der Waals surface area contributed by atoms with E-state index in [0.29, 0.717) is 38.4 Å². The summed E-state index contributed by atoms with van der Waals surface area (Å²) in [6.07, 6.45) is 0. The van der Waals surface area contributed by atoms with Crippen molar-refractivity contribution in [3.8, 4) is 0 Å². The largest absolute Gasteiger partial charge is 0.362 e. The molecule has 1 aromatic carbocycles. The van der Waals surface area contributed by atoms with Crippen molar-refractivity contribution in [3.63, 3.8) is 0 Å².